The average Bonchev–Trinajstić information content (AvgIpc) is 3.15. The van der Waals surface area contributed by atoms with Crippen LogP contribution in [0.15, 0.2) is 36.7 Å². The van der Waals surface area contributed by atoms with E-state index in [0.29, 0.717) is 0 Å². The van der Waals surface area contributed by atoms with Crippen molar-refractivity contribution in [1.82, 2.24) is 19.7 Å². The zero-order chi connectivity index (χ0) is 16.7. The van der Waals surface area contributed by atoms with Crippen LogP contribution in [0.3, 0.4) is 0 Å². The molecule has 4 N–H and O–H groups in total. The van der Waals surface area contributed by atoms with Gasteiger partial charge >= 0.3 is 0 Å². The molecule has 2 atom stereocenters. The summed E-state index contributed by atoms with van der Waals surface area (Å²) in [6.07, 6.45) is 4.77. The second-order valence-corrected chi connectivity index (χ2v) is 6.30. The van der Waals surface area contributed by atoms with Gasteiger partial charge in [0, 0.05) is 18.4 Å². The van der Waals surface area contributed by atoms with Crippen molar-refractivity contribution in [3.05, 3.63) is 54.3 Å². The Balaban J connectivity index is 0.00000182. The molecule has 0 aliphatic carbocycles. The fourth-order valence-electron chi connectivity index (χ4n) is 3.00. The maximum atomic E-state index is 6.02. The molecule has 1 saturated heterocycles. The molecule has 0 spiro atoms. The standard InChI is InChI=1S/C18H21N6.Rf/c1-11-8-17-21-9-15(24(17)10-12(11)2)13-4-3-5-16(22-13)23-14-6-7-20-18(14)19;/h3-5,7-10,14,18,20H,6,19H2,1-2H3,(H,22,23);/q-1;. The Morgan fingerprint density at radius 3 is 2.92 bits per heavy atom. The van der Waals surface area contributed by atoms with Crippen LogP contribution in [0.25, 0.3) is 17.0 Å². The van der Waals surface area contributed by atoms with Gasteiger partial charge in [-0.15, -0.1) is 6.42 Å². The summed E-state index contributed by atoms with van der Waals surface area (Å²) in [5.74, 6) is 0.823. The first-order valence-electron chi connectivity index (χ1n) is 8.13. The summed E-state index contributed by atoms with van der Waals surface area (Å²) in [5, 5.41) is 6.52. The van der Waals surface area contributed by atoms with Crippen molar-refractivity contribution in [3.8, 4) is 11.4 Å². The van der Waals surface area contributed by atoms with Crippen LogP contribution in [0, 0.1) is 20.4 Å². The van der Waals surface area contributed by atoms with Crippen LogP contribution in [-0.2, 0) is 0 Å². The van der Waals surface area contributed by atoms with E-state index in [2.05, 4.69) is 46.1 Å². The van der Waals surface area contributed by atoms with E-state index in [-0.39, 0.29) is 12.2 Å². The maximum absolute atomic E-state index is 6.02. The van der Waals surface area contributed by atoms with Crippen molar-refractivity contribution in [2.45, 2.75) is 32.5 Å². The Morgan fingerprint density at radius 1 is 1.32 bits per heavy atom. The van der Waals surface area contributed by atoms with Gasteiger partial charge in [-0.3, -0.25) is 10.9 Å². The second-order valence-electron chi connectivity index (χ2n) is 6.30. The molecule has 1 fully saturated rings. The number of hydrogen-bond donors (Lipinski definition) is 3. The van der Waals surface area contributed by atoms with E-state index in [9.17, 15) is 0 Å². The number of imidazole rings is 1. The van der Waals surface area contributed by atoms with E-state index in [0.717, 1.165) is 29.3 Å². The van der Waals surface area contributed by atoms with Gasteiger partial charge in [-0.05, 0) is 43.2 Å². The Labute approximate surface area is 141 Å². The predicted octanol–water partition coefficient (Wildman–Crippen LogP) is 2.23. The van der Waals surface area contributed by atoms with Crippen LogP contribution in [0.1, 0.15) is 17.5 Å². The Hall–Kier alpha value is -3.44. The number of aryl methyl sites for hydroxylation is 2. The SMILES string of the molecule is Cc1cc2ncc(-c3cccc(NC4C[CH-]NC4N)n3)n2cc1C.[Rf]. The zero-order valence-corrected chi connectivity index (χ0v) is 20.9. The van der Waals surface area contributed by atoms with E-state index in [1.165, 1.54) is 11.1 Å². The molecule has 1 aliphatic heterocycles. The number of hydrogen-bond acceptors (Lipinski definition) is 5. The summed E-state index contributed by atoms with van der Waals surface area (Å²) in [7, 11) is 0. The normalized spacial score (nSPS) is 19.8. The number of nitrogens with two attached hydrogens (primary N) is 1. The van der Waals surface area contributed by atoms with Crippen LogP contribution in [-0.4, -0.2) is 26.6 Å². The van der Waals surface area contributed by atoms with Crippen LogP contribution in [0.4, 0.5) is 5.82 Å². The van der Waals surface area contributed by atoms with Gasteiger partial charge in [-0.25, -0.2) is 9.97 Å². The van der Waals surface area contributed by atoms with E-state index in [4.69, 9.17) is 10.7 Å². The van der Waals surface area contributed by atoms with Crippen molar-refractivity contribution in [3.63, 3.8) is 0 Å². The van der Waals surface area contributed by atoms with Crippen molar-refractivity contribution in [1.29, 1.82) is 0 Å². The van der Waals surface area contributed by atoms with Gasteiger partial charge < -0.3 is 16.4 Å². The summed E-state index contributed by atoms with van der Waals surface area (Å²) in [4.78, 5) is 9.26. The number of pyridine rings is 2. The first kappa shape index (κ1) is 16.4. The number of rotatable bonds is 3. The molecule has 0 saturated carbocycles. The largest absolute Gasteiger partial charge is 0.454 e. The topological polar surface area (TPSA) is 80.3 Å². The number of fused-ring (bicyclic) bond motifs is 1. The summed E-state index contributed by atoms with van der Waals surface area (Å²) < 4.78 is 2.09. The monoisotopic (exact) mass is 588 g/mol. The fraction of sp³-hybridized carbons (Fsp3) is 0.278. The average molecular weight is 588 g/mol. The first-order valence-corrected chi connectivity index (χ1v) is 8.13. The Morgan fingerprint density at radius 2 is 2.16 bits per heavy atom. The number of nitrogens with one attached hydrogen (secondary N) is 2. The van der Waals surface area contributed by atoms with Crippen molar-refractivity contribution in [2.75, 3.05) is 5.32 Å². The molecule has 1 aliphatic rings. The fourth-order valence-corrected chi connectivity index (χ4v) is 3.00. The van der Waals surface area contributed by atoms with Gasteiger partial charge in [0.1, 0.15) is 11.5 Å². The molecule has 3 aromatic heterocycles. The van der Waals surface area contributed by atoms with Gasteiger partial charge in [0.2, 0.25) is 0 Å². The summed E-state index contributed by atoms with van der Waals surface area (Å²) >= 11 is 0. The minimum atomic E-state index is -0.0862. The molecule has 25 heavy (non-hydrogen) atoms. The van der Waals surface area contributed by atoms with Gasteiger partial charge in [-0.1, -0.05) is 6.07 Å². The molecule has 4 heterocycles. The van der Waals surface area contributed by atoms with Gasteiger partial charge in [0.25, 0.3) is 0 Å². The quantitative estimate of drug-likeness (QED) is 0.410. The van der Waals surface area contributed by atoms with Crippen LogP contribution < -0.4 is 16.4 Å². The maximum Gasteiger partial charge on any atom is 0.137 e. The Bertz CT molecular complexity index is 890. The molecule has 4 rings (SSSR count). The van der Waals surface area contributed by atoms with E-state index in [1.54, 1.807) is 0 Å². The Kier molecular flexibility index (Phi) is 4.09. The summed E-state index contributed by atoms with van der Waals surface area (Å²) in [6, 6.07) is 8.22. The molecule has 0 amide bonds. The molecular weight excluding hydrogens is 567 g/mol. The van der Waals surface area contributed by atoms with Crippen molar-refractivity contribution < 1.29 is 0 Å². The minimum Gasteiger partial charge on any atom is -0.454 e. The molecule has 6 nitrogen and oxygen atoms in total. The third-order valence-electron chi connectivity index (χ3n) is 4.58. The summed E-state index contributed by atoms with van der Waals surface area (Å²) in [5.41, 5.74) is 11.3. The molecule has 0 radical (unpaired) electrons. The predicted molar refractivity (Wildman–Crippen MR) is 95.3 cm³/mol. The van der Waals surface area contributed by atoms with Crippen molar-refractivity contribution >= 4 is 11.5 Å². The first-order chi connectivity index (χ1) is 11.6. The second kappa shape index (κ2) is 6.22. The molecule has 3 aromatic rings. The molecule has 7 heteroatoms. The molecular formula is C18H21N6Rf-. The number of nitrogens with zero attached hydrogens (tertiary/aromatic N) is 3. The van der Waals surface area contributed by atoms with Gasteiger partial charge in [-0.2, -0.15) is 0 Å². The van der Waals surface area contributed by atoms with E-state index in [1.807, 2.05) is 30.9 Å². The van der Waals surface area contributed by atoms with Crippen LogP contribution >= 0.6 is 0 Å². The van der Waals surface area contributed by atoms with Crippen molar-refractivity contribution in [2.24, 2.45) is 5.73 Å². The van der Waals surface area contributed by atoms with Crippen LogP contribution in [0.5, 0.6) is 0 Å². The number of aromatic nitrogens is 3. The molecule has 0 bridgehead atoms. The smallest absolute Gasteiger partial charge is 0.137 e. The van der Waals surface area contributed by atoms with Gasteiger partial charge in [0.15, 0.2) is 0 Å². The van der Waals surface area contributed by atoms with Gasteiger partial charge in [0.05, 0.1) is 17.6 Å². The van der Waals surface area contributed by atoms with Crippen LogP contribution in [0.2, 0.25) is 0 Å². The number of anilines is 1. The van der Waals surface area contributed by atoms with E-state index >= 15 is 0 Å². The minimum absolute atomic E-state index is 0. The third kappa shape index (κ3) is 2.88. The molecule has 2 unspecified atom stereocenters. The summed E-state index contributed by atoms with van der Waals surface area (Å²) in [6.45, 7) is 6.19. The van der Waals surface area contributed by atoms with E-state index < -0.39 is 0 Å². The zero-order valence-electron chi connectivity index (χ0n) is 14.5. The third-order valence-corrected chi connectivity index (χ3v) is 4.58. The molecule has 0 aromatic carbocycles. The molecule has 126 valence electrons.